The second-order valence-corrected chi connectivity index (χ2v) is 3.87. The van der Waals surface area contributed by atoms with Gasteiger partial charge >= 0.3 is 17.9 Å². The molecule has 0 saturated carbocycles. The highest BCUT2D eigenvalue weighted by Gasteiger charge is 2.13. The van der Waals surface area contributed by atoms with Crippen LogP contribution >= 0.6 is 0 Å². The van der Waals surface area contributed by atoms with E-state index in [0.717, 1.165) is 0 Å². The number of carboxylic acid groups (broad SMARTS) is 3. The van der Waals surface area contributed by atoms with E-state index in [1.165, 1.54) is 6.92 Å². The second-order valence-electron chi connectivity index (χ2n) is 3.87. The Balaban J connectivity index is -0.000000252. The second kappa shape index (κ2) is 13.7. The first-order valence-electron chi connectivity index (χ1n) is 5.71. The molecule has 0 radical (unpaired) electrons. The van der Waals surface area contributed by atoms with Crippen LogP contribution in [0.1, 0.15) is 13.3 Å². The number of carbonyl (C=O) groups excluding carboxylic acids is 1. The minimum Gasteiger partial charge on any atom is -0.480 e. The molecule has 12 nitrogen and oxygen atoms in total. The molecule has 3 atom stereocenters. The Morgan fingerprint density at radius 2 is 1.18 bits per heavy atom. The quantitative estimate of drug-likeness (QED) is 0.234. The van der Waals surface area contributed by atoms with Gasteiger partial charge in [-0.2, -0.15) is 0 Å². The highest BCUT2D eigenvalue weighted by molar-refractivity contribution is 5.83. The van der Waals surface area contributed by atoms with E-state index in [9.17, 15) is 19.2 Å². The van der Waals surface area contributed by atoms with Crippen LogP contribution in [0.25, 0.3) is 0 Å². The number of hydrogen-bond acceptors (Lipinski definition) is 8. The molecule has 130 valence electrons. The molecule has 0 heterocycles. The zero-order chi connectivity index (χ0) is 18.5. The van der Waals surface area contributed by atoms with E-state index in [0.29, 0.717) is 0 Å². The Morgan fingerprint density at radius 1 is 0.864 bits per heavy atom. The predicted molar refractivity (Wildman–Crippen MR) is 73.4 cm³/mol. The molecule has 0 aromatic carbocycles. The van der Waals surface area contributed by atoms with Gasteiger partial charge in [-0.25, -0.2) is 0 Å². The van der Waals surface area contributed by atoms with E-state index >= 15 is 0 Å². The number of carbonyl (C=O) groups is 4. The zero-order valence-corrected chi connectivity index (χ0v) is 11.9. The maximum absolute atomic E-state index is 9.99. The number of aliphatic hydroxyl groups excluding tert-OH is 1. The molecule has 0 spiro atoms. The van der Waals surface area contributed by atoms with Gasteiger partial charge in [-0.3, -0.25) is 19.2 Å². The van der Waals surface area contributed by atoms with Gasteiger partial charge in [0.15, 0.2) is 0 Å². The number of nitrogens with two attached hydrogens (primary N) is 4. The SMILES string of the molecule is C[C@H](N)C(=O)O.NC(=O)C[C@H](N)C(=O)O.N[C@@H](CO)C(=O)O. The van der Waals surface area contributed by atoms with Gasteiger partial charge < -0.3 is 43.4 Å². The van der Waals surface area contributed by atoms with Crippen LogP contribution in [-0.2, 0) is 19.2 Å². The molecule has 1 amide bonds. The fourth-order valence-electron chi connectivity index (χ4n) is 0.382. The minimum absolute atomic E-state index is 0.310. The first-order chi connectivity index (χ1) is 9.86. The highest BCUT2D eigenvalue weighted by Crippen LogP contribution is 1.84. The lowest BCUT2D eigenvalue weighted by atomic mass is 10.2. The van der Waals surface area contributed by atoms with Crippen molar-refractivity contribution in [3.63, 3.8) is 0 Å². The summed E-state index contributed by atoms with van der Waals surface area (Å²) < 4.78 is 0. The number of amides is 1. The zero-order valence-electron chi connectivity index (χ0n) is 11.9. The van der Waals surface area contributed by atoms with Crippen LogP contribution in [0.3, 0.4) is 0 Å². The van der Waals surface area contributed by atoms with Gasteiger partial charge in [0, 0.05) is 0 Å². The topological polar surface area (TPSA) is 253 Å². The summed E-state index contributed by atoms with van der Waals surface area (Å²) in [6.07, 6.45) is -0.310. The molecule has 0 rings (SSSR count). The van der Waals surface area contributed by atoms with Crippen molar-refractivity contribution in [1.82, 2.24) is 0 Å². The lowest BCUT2D eigenvalue weighted by Crippen LogP contribution is -2.34. The third kappa shape index (κ3) is 20.0. The molecule has 0 aliphatic carbocycles. The first-order valence-corrected chi connectivity index (χ1v) is 5.71. The van der Waals surface area contributed by atoms with Crippen LogP contribution in [-0.4, -0.2) is 69.0 Å². The molecular weight excluding hydrogens is 304 g/mol. The maximum atomic E-state index is 9.99. The molecule has 12 N–H and O–H groups in total. The maximum Gasteiger partial charge on any atom is 0.322 e. The number of carboxylic acids is 3. The smallest absolute Gasteiger partial charge is 0.322 e. The predicted octanol–water partition coefficient (Wildman–Crippen LogP) is -3.92. The third-order valence-corrected chi connectivity index (χ3v) is 1.64. The van der Waals surface area contributed by atoms with Gasteiger partial charge in [-0.05, 0) is 6.92 Å². The van der Waals surface area contributed by atoms with Crippen molar-refractivity contribution in [2.45, 2.75) is 31.5 Å². The number of rotatable bonds is 6. The van der Waals surface area contributed by atoms with Crippen molar-refractivity contribution in [3.8, 4) is 0 Å². The number of hydrogen-bond donors (Lipinski definition) is 8. The van der Waals surface area contributed by atoms with E-state index in [1.807, 2.05) is 0 Å². The van der Waals surface area contributed by atoms with Crippen molar-refractivity contribution >= 4 is 23.8 Å². The van der Waals surface area contributed by atoms with Crippen LogP contribution < -0.4 is 22.9 Å². The van der Waals surface area contributed by atoms with E-state index in [1.54, 1.807) is 0 Å². The van der Waals surface area contributed by atoms with E-state index < -0.39 is 48.5 Å². The Labute approximate surface area is 125 Å². The van der Waals surface area contributed by atoms with Crippen molar-refractivity contribution < 1.29 is 39.6 Å². The largest absolute Gasteiger partial charge is 0.480 e. The van der Waals surface area contributed by atoms with Crippen LogP contribution in [0.4, 0.5) is 0 Å². The lowest BCUT2D eigenvalue weighted by Gasteiger charge is -1.99. The lowest BCUT2D eigenvalue weighted by molar-refractivity contribution is -0.140. The highest BCUT2D eigenvalue weighted by atomic mass is 16.4. The molecule has 0 aromatic heterocycles. The van der Waals surface area contributed by atoms with E-state index in [4.69, 9.17) is 37.6 Å². The van der Waals surface area contributed by atoms with Crippen LogP contribution in [0.15, 0.2) is 0 Å². The van der Waals surface area contributed by atoms with Crippen molar-refractivity contribution in [2.75, 3.05) is 6.61 Å². The Morgan fingerprint density at radius 3 is 1.23 bits per heavy atom. The fourth-order valence-corrected chi connectivity index (χ4v) is 0.382. The van der Waals surface area contributed by atoms with Crippen molar-refractivity contribution in [3.05, 3.63) is 0 Å². The molecule has 0 fully saturated rings. The van der Waals surface area contributed by atoms with Crippen molar-refractivity contribution in [2.24, 2.45) is 22.9 Å². The Kier molecular flexibility index (Phi) is 15.4. The normalized spacial score (nSPS) is 13.1. The summed E-state index contributed by atoms with van der Waals surface area (Å²) in [5, 5.41) is 31.9. The molecule has 0 saturated heterocycles. The first kappa shape index (κ1) is 24.7. The number of aliphatic carboxylic acids is 3. The number of aliphatic hydroxyl groups is 1. The average Bonchev–Trinajstić information content (AvgIpc) is 2.37. The monoisotopic (exact) mass is 326 g/mol. The third-order valence-electron chi connectivity index (χ3n) is 1.64. The summed E-state index contributed by atoms with van der Waals surface area (Å²) in [4.78, 5) is 39.1. The van der Waals surface area contributed by atoms with Gasteiger partial charge in [0.1, 0.15) is 18.1 Å². The summed E-state index contributed by atoms with van der Waals surface area (Å²) >= 11 is 0. The Bertz CT molecular complexity index is 374. The van der Waals surface area contributed by atoms with Crippen LogP contribution in [0.5, 0.6) is 0 Å². The molecule has 0 bridgehead atoms. The molecule has 0 aromatic rings. The molecule has 22 heavy (non-hydrogen) atoms. The minimum atomic E-state index is -1.21. The van der Waals surface area contributed by atoms with Gasteiger partial charge in [0.05, 0.1) is 13.0 Å². The van der Waals surface area contributed by atoms with Crippen LogP contribution in [0.2, 0.25) is 0 Å². The standard InChI is InChI=1S/C4H8N2O3.C3H7NO3.C3H7NO2/c5-2(4(8)9)1-3(6)7;4-2(1-5)3(6)7;1-2(4)3(5)6/h2H,1,5H2,(H2,6,7)(H,8,9);2,5H,1,4H2,(H,6,7);2H,4H2,1H3,(H,5,6)/t3*2-/m000/s1. The fraction of sp³-hybridized carbons (Fsp3) is 0.600. The number of primary amides is 1. The molecule has 0 aliphatic heterocycles. The molecule has 0 unspecified atom stereocenters. The summed E-state index contributed by atoms with van der Waals surface area (Å²) in [5.74, 6) is -4.06. The molecule has 12 heteroatoms. The summed E-state index contributed by atoms with van der Waals surface area (Å²) in [5.41, 5.74) is 19.2. The molecule has 0 aliphatic rings. The van der Waals surface area contributed by atoms with Gasteiger partial charge in [0.2, 0.25) is 5.91 Å². The van der Waals surface area contributed by atoms with E-state index in [2.05, 4.69) is 5.73 Å². The van der Waals surface area contributed by atoms with Gasteiger partial charge in [-0.1, -0.05) is 0 Å². The summed E-state index contributed by atoms with van der Waals surface area (Å²) in [7, 11) is 0. The Hall–Kier alpha value is -2.28. The van der Waals surface area contributed by atoms with Crippen molar-refractivity contribution in [1.29, 1.82) is 0 Å². The molecular formula is C10H22N4O8. The van der Waals surface area contributed by atoms with Crippen LogP contribution in [0, 0.1) is 0 Å². The van der Waals surface area contributed by atoms with E-state index in [-0.39, 0.29) is 6.42 Å². The average molecular weight is 326 g/mol. The van der Waals surface area contributed by atoms with Gasteiger partial charge in [0.25, 0.3) is 0 Å². The summed E-state index contributed by atoms with van der Waals surface area (Å²) in [6.45, 7) is 0.914. The summed E-state index contributed by atoms with van der Waals surface area (Å²) in [6, 6.07) is -3.02. The van der Waals surface area contributed by atoms with Gasteiger partial charge in [-0.15, -0.1) is 0 Å².